The number of aromatic nitrogens is 2. The summed E-state index contributed by atoms with van der Waals surface area (Å²) in [5, 5.41) is 14.4. The highest BCUT2D eigenvalue weighted by molar-refractivity contribution is 7.18. The lowest BCUT2D eigenvalue weighted by Gasteiger charge is -2.24. The van der Waals surface area contributed by atoms with E-state index in [4.69, 9.17) is 0 Å². The van der Waals surface area contributed by atoms with Gasteiger partial charge in [-0.15, -0.1) is 11.3 Å². The minimum Gasteiger partial charge on any atom is -0.390 e. The summed E-state index contributed by atoms with van der Waals surface area (Å²) in [6.07, 6.45) is 2.60. The molecule has 0 saturated carbocycles. The predicted molar refractivity (Wildman–Crippen MR) is 88.4 cm³/mol. The lowest BCUT2D eigenvalue weighted by atomic mass is 9.98. The highest BCUT2D eigenvalue weighted by Gasteiger charge is 2.26. The van der Waals surface area contributed by atoms with Crippen LogP contribution in [0.5, 0.6) is 0 Å². The Morgan fingerprint density at radius 1 is 1.33 bits per heavy atom. The third-order valence-electron chi connectivity index (χ3n) is 4.08. The Labute approximate surface area is 129 Å². The number of aryl methyl sites for hydroxylation is 1. The Bertz CT molecular complexity index is 652. The van der Waals surface area contributed by atoms with Crippen molar-refractivity contribution in [3.05, 3.63) is 10.9 Å². The van der Waals surface area contributed by atoms with Crippen LogP contribution in [0.1, 0.15) is 31.1 Å². The number of nitrogens with one attached hydrogen (secondary N) is 1. The van der Waals surface area contributed by atoms with Gasteiger partial charge in [0.05, 0.1) is 11.0 Å². The van der Waals surface area contributed by atoms with Gasteiger partial charge in [-0.05, 0) is 39.2 Å². The molecule has 6 heteroatoms. The van der Waals surface area contributed by atoms with E-state index in [0.717, 1.165) is 48.4 Å². The van der Waals surface area contributed by atoms with E-state index in [9.17, 15) is 5.11 Å². The number of rotatable bonds is 2. The van der Waals surface area contributed by atoms with Gasteiger partial charge in [0, 0.05) is 25.0 Å². The summed E-state index contributed by atoms with van der Waals surface area (Å²) in [6.45, 7) is 5.79. The summed E-state index contributed by atoms with van der Waals surface area (Å²) in [7, 11) is 1.85. The maximum Gasteiger partial charge on any atom is 0.225 e. The van der Waals surface area contributed by atoms with E-state index < -0.39 is 5.60 Å². The van der Waals surface area contributed by atoms with Crippen molar-refractivity contribution >= 4 is 33.3 Å². The SMILES string of the molecule is CNc1nc(N2CCCC(C)(O)CC2)c2cc(C)sc2n1. The van der Waals surface area contributed by atoms with Crippen LogP contribution < -0.4 is 10.2 Å². The minimum atomic E-state index is -0.558. The molecule has 1 saturated heterocycles. The molecule has 0 spiro atoms. The molecule has 1 unspecified atom stereocenters. The van der Waals surface area contributed by atoms with Gasteiger partial charge >= 0.3 is 0 Å². The van der Waals surface area contributed by atoms with E-state index in [1.54, 1.807) is 11.3 Å². The number of aliphatic hydroxyl groups is 1. The predicted octanol–water partition coefficient (Wildman–Crippen LogP) is 2.78. The number of thiophene rings is 1. The second-order valence-electron chi connectivity index (χ2n) is 6.03. The molecule has 0 aromatic carbocycles. The second-order valence-corrected chi connectivity index (χ2v) is 7.27. The van der Waals surface area contributed by atoms with E-state index in [2.05, 4.69) is 33.2 Å². The van der Waals surface area contributed by atoms with Crippen LogP contribution in [0.2, 0.25) is 0 Å². The highest BCUT2D eigenvalue weighted by Crippen LogP contribution is 2.33. The molecule has 3 heterocycles. The number of anilines is 2. The van der Waals surface area contributed by atoms with Crippen LogP contribution >= 0.6 is 11.3 Å². The van der Waals surface area contributed by atoms with E-state index >= 15 is 0 Å². The van der Waals surface area contributed by atoms with Crippen LogP contribution in [0.25, 0.3) is 10.2 Å². The van der Waals surface area contributed by atoms with E-state index in [-0.39, 0.29) is 0 Å². The van der Waals surface area contributed by atoms with Crippen LogP contribution in [0.4, 0.5) is 11.8 Å². The Kier molecular flexibility index (Phi) is 3.75. The minimum absolute atomic E-state index is 0.558. The van der Waals surface area contributed by atoms with Crippen LogP contribution in [-0.4, -0.2) is 40.8 Å². The van der Waals surface area contributed by atoms with Crippen LogP contribution in [-0.2, 0) is 0 Å². The third kappa shape index (κ3) is 2.96. The Morgan fingerprint density at radius 2 is 2.14 bits per heavy atom. The van der Waals surface area contributed by atoms with Crippen molar-refractivity contribution in [1.29, 1.82) is 0 Å². The summed E-state index contributed by atoms with van der Waals surface area (Å²) in [5.74, 6) is 1.65. The molecule has 2 aromatic rings. The lowest BCUT2D eigenvalue weighted by Crippen LogP contribution is -2.29. The average molecular weight is 306 g/mol. The van der Waals surface area contributed by atoms with Gasteiger partial charge in [0.15, 0.2) is 0 Å². The van der Waals surface area contributed by atoms with Crippen molar-refractivity contribution < 1.29 is 5.11 Å². The summed E-state index contributed by atoms with van der Waals surface area (Å²) in [5.41, 5.74) is -0.558. The molecule has 1 aliphatic heterocycles. The quantitative estimate of drug-likeness (QED) is 0.893. The monoisotopic (exact) mass is 306 g/mol. The Hall–Kier alpha value is -1.40. The molecular formula is C15H22N4OS. The molecular weight excluding hydrogens is 284 g/mol. The van der Waals surface area contributed by atoms with Gasteiger partial charge in [-0.1, -0.05) is 0 Å². The van der Waals surface area contributed by atoms with Crippen LogP contribution in [0.3, 0.4) is 0 Å². The Balaban J connectivity index is 2.02. The molecule has 0 aliphatic carbocycles. The van der Waals surface area contributed by atoms with Crippen molar-refractivity contribution in [3.63, 3.8) is 0 Å². The van der Waals surface area contributed by atoms with Gasteiger partial charge in [0.2, 0.25) is 5.95 Å². The molecule has 0 radical (unpaired) electrons. The molecule has 5 nitrogen and oxygen atoms in total. The van der Waals surface area contributed by atoms with Crippen LogP contribution in [0, 0.1) is 6.92 Å². The summed E-state index contributed by atoms with van der Waals surface area (Å²) in [6, 6.07) is 2.16. The molecule has 0 amide bonds. The number of hydrogen-bond donors (Lipinski definition) is 2. The summed E-state index contributed by atoms with van der Waals surface area (Å²) >= 11 is 1.70. The average Bonchev–Trinajstić information content (AvgIpc) is 2.71. The third-order valence-corrected chi connectivity index (χ3v) is 5.03. The second kappa shape index (κ2) is 5.42. The number of hydrogen-bond acceptors (Lipinski definition) is 6. The van der Waals surface area contributed by atoms with E-state index in [0.29, 0.717) is 5.95 Å². The molecule has 1 aliphatic rings. The van der Waals surface area contributed by atoms with Crippen molar-refractivity contribution in [2.45, 2.75) is 38.7 Å². The van der Waals surface area contributed by atoms with Gasteiger partial charge in [0.1, 0.15) is 10.6 Å². The van der Waals surface area contributed by atoms with Crippen molar-refractivity contribution in [2.75, 3.05) is 30.4 Å². The molecule has 2 N–H and O–H groups in total. The molecule has 3 rings (SSSR count). The van der Waals surface area contributed by atoms with Gasteiger partial charge in [-0.3, -0.25) is 0 Å². The summed E-state index contributed by atoms with van der Waals surface area (Å²) < 4.78 is 0. The van der Waals surface area contributed by atoms with E-state index in [1.165, 1.54) is 4.88 Å². The summed E-state index contributed by atoms with van der Waals surface area (Å²) in [4.78, 5) is 13.8. The topological polar surface area (TPSA) is 61.3 Å². The lowest BCUT2D eigenvalue weighted by molar-refractivity contribution is 0.0481. The molecule has 2 aromatic heterocycles. The largest absolute Gasteiger partial charge is 0.390 e. The maximum absolute atomic E-state index is 10.3. The fraction of sp³-hybridized carbons (Fsp3) is 0.600. The fourth-order valence-electron chi connectivity index (χ4n) is 2.85. The maximum atomic E-state index is 10.3. The molecule has 0 bridgehead atoms. The van der Waals surface area contributed by atoms with Gasteiger partial charge < -0.3 is 15.3 Å². The van der Waals surface area contributed by atoms with Crippen molar-refractivity contribution in [2.24, 2.45) is 0 Å². The first-order valence-corrected chi connectivity index (χ1v) is 8.23. The standard InChI is InChI=1S/C15H22N4OS/c1-10-9-11-12(17-14(16-3)18-13(11)21-10)19-7-4-5-15(2,20)6-8-19/h9,20H,4-8H2,1-3H3,(H,16,17,18). The van der Waals surface area contributed by atoms with Crippen molar-refractivity contribution in [1.82, 2.24) is 9.97 Å². The highest BCUT2D eigenvalue weighted by atomic mass is 32.1. The van der Waals surface area contributed by atoms with Gasteiger partial charge in [-0.25, -0.2) is 4.98 Å². The zero-order valence-corrected chi connectivity index (χ0v) is 13.6. The molecule has 1 fully saturated rings. The number of fused-ring (bicyclic) bond motifs is 1. The number of nitrogens with zero attached hydrogens (tertiary/aromatic N) is 3. The molecule has 1 atom stereocenters. The van der Waals surface area contributed by atoms with Crippen LogP contribution in [0.15, 0.2) is 6.07 Å². The molecule has 21 heavy (non-hydrogen) atoms. The first-order chi connectivity index (χ1) is 9.98. The molecule has 114 valence electrons. The van der Waals surface area contributed by atoms with E-state index in [1.807, 2.05) is 14.0 Å². The first-order valence-electron chi connectivity index (χ1n) is 7.42. The van der Waals surface area contributed by atoms with Crippen molar-refractivity contribution in [3.8, 4) is 0 Å². The fourth-order valence-corrected chi connectivity index (χ4v) is 3.73. The zero-order chi connectivity index (χ0) is 15.0. The van der Waals surface area contributed by atoms with Gasteiger partial charge in [-0.2, -0.15) is 4.98 Å². The van der Waals surface area contributed by atoms with Gasteiger partial charge in [0.25, 0.3) is 0 Å². The first kappa shape index (κ1) is 14.5. The smallest absolute Gasteiger partial charge is 0.225 e. The normalized spacial score (nSPS) is 23.3. The Morgan fingerprint density at radius 3 is 2.90 bits per heavy atom. The zero-order valence-electron chi connectivity index (χ0n) is 12.8.